The van der Waals surface area contributed by atoms with E-state index in [-0.39, 0.29) is 11.6 Å². The summed E-state index contributed by atoms with van der Waals surface area (Å²) in [4.78, 5) is 16.7. The molecule has 3 aromatic heterocycles. The second-order valence-corrected chi connectivity index (χ2v) is 5.93. The highest BCUT2D eigenvalue weighted by atomic mass is 32.1. The van der Waals surface area contributed by atoms with Crippen molar-refractivity contribution in [1.82, 2.24) is 15.5 Å². The number of carbonyl (C=O) groups is 1. The summed E-state index contributed by atoms with van der Waals surface area (Å²) >= 11 is 1.51. The van der Waals surface area contributed by atoms with Gasteiger partial charge in [0.25, 0.3) is 5.91 Å². The lowest BCUT2D eigenvalue weighted by Gasteiger charge is -2.26. The van der Waals surface area contributed by atoms with Gasteiger partial charge in [0, 0.05) is 17.6 Å². The minimum absolute atomic E-state index is 0.211. The van der Waals surface area contributed by atoms with Crippen molar-refractivity contribution in [3.63, 3.8) is 0 Å². The summed E-state index contributed by atoms with van der Waals surface area (Å²) in [7, 11) is 0. The van der Waals surface area contributed by atoms with Gasteiger partial charge in [-0.15, -0.1) is 11.3 Å². The van der Waals surface area contributed by atoms with E-state index in [9.17, 15) is 4.79 Å². The normalized spacial score (nSPS) is 13.7. The van der Waals surface area contributed by atoms with Crippen LogP contribution >= 0.6 is 11.3 Å². The lowest BCUT2D eigenvalue weighted by atomic mass is 9.99. The second kappa shape index (κ2) is 5.76. The van der Waals surface area contributed by atoms with Crippen LogP contribution in [0.2, 0.25) is 0 Å². The van der Waals surface area contributed by atoms with Crippen molar-refractivity contribution in [2.45, 2.75) is 25.8 Å². The highest BCUT2D eigenvalue weighted by Gasteiger charge is 2.30. The standard InChI is InChI=1S/C15H15N3O3S/c1-3-15(2,14-16-6-8-22-14)17-13(19)10-9-12(21-18-10)11-5-4-7-20-11/h4-9H,3H2,1-2H3,(H,17,19)/t15-/m1/s1. The van der Waals surface area contributed by atoms with E-state index in [1.165, 1.54) is 17.6 Å². The molecule has 0 bridgehead atoms. The van der Waals surface area contributed by atoms with Gasteiger partial charge in [0.2, 0.25) is 5.76 Å². The maximum atomic E-state index is 12.4. The summed E-state index contributed by atoms with van der Waals surface area (Å²) in [5.74, 6) is 0.647. The van der Waals surface area contributed by atoms with Crippen molar-refractivity contribution in [2.75, 3.05) is 0 Å². The average Bonchev–Trinajstić information content (AvgIpc) is 3.27. The van der Waals surface area contributed by atoms with Crippen LogP contribution in [0.25, 0.3) is 11.5 Å². The molecular weight excluding hydrogens is 302 g/mol. The molecule has 0 aliphatic heterocycles. The van der Waals surface area contributed by atoms with Gasteiger partial charge in [0.05, 0.1) is 11.8 Å². The van der Waals surface area contributed by atoms with Gasteiger partial charge in [-0.05, 0) is 25.5 Å². The van der Waals surface area contributed by atoms with Crippen LogP contribution in [0.15, 0.2) is 45.0 Å². The fourth-order valence-electron chi connectivity index (χ4n) is 2.02. The molecule has 0 aliphatic carbocycles. The van der Waals surface area contributed by atoms with Gasteiger partial charge in [-0.3, -0.25) is 4.79 Å². The Bertz CT molecular complexity index is 749. The zero-order chi connectivity index (χ0) is 15.6. The summed E-state index contributed by atoms with van der Waals surface area (Å²) in [6.45, 7) is 3.94. The molecule has 3 heterocycles. The molecule has 0 saturated carbocycles. The van der Waals surface area contributed by atoms with E-state index in [4.69, 9.17) is 8.94 Å². The summed E-state index contributed by atoms with van der Waals surface area (Å²) in [5, 5.41) is 9.53. The van der Waals surface area contributed by atoms with Crippen LogP contribution in [0, 0.1) is 0 Å². The molecule has 0 saturated heterocycles. The van der Waals surface area contributed by atoms with Crippen LogP contribution in [0.1, 0.15) is 35.8 Å². The Morgan fingerprint density at radius 2 is 2.32 bits per heavy atom. The molecule has 3 rings (SSSR count). The number of aromatic nitrogens is 2. The van der Waals surface area contributed by atoms with Crippen molar-refractivity contribution in [3.05, 3.63) is 46.7 Å². The Morgan fingerprint density at radius 1 is 1.45 bits per heavy atom. The molecule has 0 unspecified atom stereocenters. The van der Waals surface area contributed by atoms with E-state index in [2.05, 4.69) is 15.5 Å². The van der Waals surface area contributed by atoms with Crippen molar-refractivity contribution < 1.29 is 13.7 Å². The van der Waals surface area contributed by atoms with Crippen molar-refractivity contribution in [1.29, 1.82) is 0 Å². The molecular formula is C15H15N3O3S. The zero-order valence-corrected chi connectivity index (χ0v) is 13.0. The van der Waals surface area contributed by atoms with Crippen molar-refractivity contribution in [3.8, 4) is 11.5 Å². The first kappa shape index (κ1) is 14.5. The minimum atomic E-state index is -0.533. The van der Waals surface area contributed by atoms with E-state index >= 15 is 0 Å². The topological polar surface area (TPSA) is 81.2 Å². The van der Waals surface area contributed by atoms with E-state index < -0.39 is 5.54 Å². The number of hydrogen-bond donors (Lipinski definition) is 1. The Morgan fingerprint density at radius 3 is 2.95 bits per heavy atom. The van der Waals surface area contributed by atoms with E-state index in [1.54, 1.807) is 24.4 Å². The molecule has 7 heteroatoms. The molecule has 114 valence electrons. The predicted octanol–water partition coefficient (Wildman–Crippen LogP) is 3.45. The molecule has 0 aromatic carbocycles. The number of nitrogens with zero attached hydrogens (tertiary/aromatic N) is 2. The molecule has 0 fully saturated rings. The van der Waals surface area contributed by atoms with E-state index in [0.717, 1.165) is 11.4 Å². The van der Waals surface area contributed by atoms with Gasteiger partial charge in [-0.1, -0.05) is 12.1 Å². The Hall–Kier alpha value is -2.41. The molecule has 0 spiro atoms. The highest BCUT2D eigenvalue weighted by Crippen LogP contribution is 2.27. The van der Waals surface area contributed by atoms with Crippen molar-refractivity contribution in [2.24, 2.45) is 0 Å². The molecule has 3 aromatic rings. The van der Waals surface area contributed by atoms with Gasteiger partial charge in [0.1, 0.15) is 5.01 Å². The van der Waals surface area contributed by atoms with Crippen LogP contribution in [-0.4, -0.2) is 16.0 Å². The van der Waals surface area contributed by atoms with Gasteiger partial charge >= 0.3 is 0 Å². The number of furan rings is 1. The molecule has 1 N–H and O–H groups in total. The third-order valence-electron chi connectivity index (χ3n) is 3.51. The van der Waals surface area contributed by atoms with E-state index in [1.807, 2.05) is 19.2 Å². The maximum absolute atomic E-state index is 12.4. The first-order valence-corrected chi connectivity index (χ1v) is 7.73. The molecule has 22 heavy (non-hydrogen) atoms. The van der Waals surface area contributed by atoms with Gasteiger partial charge in [-0.2, -0.15) is 0 Å². The van der Waals surface area contributed by atoms with Crippen LogP contribution in [0.5, 0.6) is 0 Å². The molecule has 0 aliphatic rings. The van der Waals surface area contributed by atoms with Crippen LogP contribution < -0.4 is 5.32 Å². The first-order valence-electron chi connectivity index (χ1n) is 6.85. The minimum Gasteiger partial charge on any atom is -0.461 e. The number of rotatable bonds is 5. The third kappa shape index (κ3) is 2.67. The lowest BCUT2D eigenvalue weighted by Crippen LogP contribution is -2.43. The van der Waals surface area contributed by atoms with Crippen molar-refractivity contribution >= 4 is 17.2 Å². The number of hydrogen-bond acceptors (Lipinski definition) is 6. The number of carbonyl (C=O) groups excluding carboxylic acids is 1. The Labute approximate surface area is 131 Å². The number of amides is 1. The Balaban J connectivity index is 1.80. The SMILES string of the molecule is CC[C@@](C)(NC(=O)c1cc(-c2ccco2)on1)c1nccs1. The largest absolute Gasteiger partial charge is 0.461 e. The fraction of sp³-hybridized carbons (Fsp3) is 0.267. The maximum Gasteiger partial charge on any atom is 0.274 e. The smallest absolute Gasteiger partial charge is 0.274 e. The van der Waals surface area contributed by atoms with E-state index in [0.29, 0.717) is 11.5 Å². The molecule has 0 radical (unpaired) electrons. The Kier molecular flexibility index (Phi) is 3.81. The zero-order valence-electron chi connectivity index (χ0n) is 12.2. The molecule has 6 nitrogen and oxygen atoms in total. The monoisotopic (exact) mass is 317 g/mol. The predicted molar refractivity (Wildman–Crippen MR) is 81.4 cm³/mol. The lowest BCUT2D eigenvalue weighted by molar-refractivity contribution is 0.0892. The number of thiazole rings is 1. The number of nitrogens with one attached hydrogen (secondary N) is 1. The van der Waals surface area contributed by atoms with Crippen LogP contribution in [-0.2, 0) is 5.54 Å². The summed E-state index contributed by atoms with van der Waals surface area (Å²) < 4.78 is 10.4. The fourth-order valence-corrected chi connectivity index (χ4v) is 2.85. The average molecular weight is 317 g/mol. The summed E-state index contributed by atoms with van der Waals surface area (Å²) in [6, 6.07) is 5.05. The van der Waals surface area contributed by atoms with Gasteiger partial charge in [0.15, 0.2) is 11.5 Å². The highest BCUT2D eigenvalue weighted by molar-refractivity contribution is 7.09. The first-order chi connectivity index (χ1) is 10.6. The summed E-state index contributed by atoms with van der Waals surface area (Å²) in [5.41, 5.74) is -0.322. The molecule has 1 atom stereocenters. The third-order valence-corrected chi connectivity index (χ3v) is 4.54. The molecule has 1 amide bonds. The quantitative estimate of drug-likeness (QED) is 0.779. The van der Waals surface area contributed by atoms with Crippen LogP contribution in [0.3, 0.4) is 0 Å². The van der Waals surface area contributed by atoms with Crippen LogP contribution in [0.4, 0.5) is 0 Å². The second-order valence-electron chi connectivity index (χ2n) is 5.03. The van der Waals surface area contributed by atoms with Gasteiger partial charge in [-0.25, -0.2) is 4.98 Å². The van der Waals surface area contributed by atoms with Gasteiger partial charge < -0.3 is 14.3 Å². The summed E-state index contributed by atoms with van der Waals surface area (Å²) in [6.07, 6.45) is 3.98.